The molecular formula is C19H21ClOSi. The predicted molar refractivity (Wildman–Crippen MR) is 97.0 cm³/mol. The van der Waals surface area contributed by atoms with E-state index in [-0.39, 0.29) is 6.10 Å². The van der Waals surface area contributed by atoms with Gasteiger partial charge in [-0.1, -0.05) is 67.5 Å². The standard InChI is InChI=1S/C19H21ClOSi/c1-21-19(16-9-11-17(20)12-10-16)18-8-6-5-7-15(18)13-14-22(2,3)4/h5-12,19H,1-4H3. The van der Waals surface area contributed by atoms with E-state index in [2.05, 4.69) is 43.2 Å². The molecule has 0 fully saturated rings. The van der Waals surface area contributed by atoms with Crippen molar-refractivity contribution in [2.24, 2.45) is 0 Å². The quantitative estimate of drug-likeness (QED) is 0.548. The molecule has 0 amide bonds. The minimum atomic E-state index is -1.41. The third-order valence-electron chi connectivity index (χ3n) is 3.22. The van der Waals surface area contributed by atoms with Crippen LogP contribution in [0.2, 0.25) is 24.7 Å². The molecule has 114 valence electrons. The molecule has 0 aliphatic heterocycles. The van der Waals surface area contributed by atoms with Crippen molar-refractivity contribution in [2.75, 3.05) is 7.11 Å². The van der Waals surface area contributed by atoms with Crippen molar-refractivity contribution in [3.05, 3.63) is 70.2 Å². The third kappa shape index (κ3) is 4.48. The normalized spacial score (nSPS) is 12.4. The minimum absolute atomic E-state index is 0.135. The lowest BCUT2D eigenvalue weighted by Gasteiger charge is -2.18. The van der Waals surface area contributed by atoms with Gasteiger partial charge in [0.05, 0.1) is 0 Å². The maximum atomic E-state index is 5.98. The summed E-state index contributed by atoms with van der Waals surface area (Å²) in [7, 11) is 0.310. The Kier molecular flexibility index (Phi) is 5.47. The van der Waals surface area contributed by atoms with Gasteiger partial charge in [-0.05, 0) is 23.8 Å². The number of halogens is 1. The number of ether oxygens (including phenoxy) is 1. The van der Waals surface area contributed by atoms with Gasteiger partial charge in [0.1, 0.15) is 14.2 Å². The van der Waals surface area contributed by atoms with Crippen molar-refractivity contribution < 1.29 is 4.74 Å². The van der Waals surface area contributed by atoms with Crippen LogP contribution >= 0.6 is 11.6 Å². The van der Waals surface area contributed by atoms with Gasteiger partial charge >= 0.3 is 0 Å². The first-order valence-corrected chi connectivity index (χ1v) is 11.2. The summed E-state index contributed by atoms with van der Waals surface area (Å²) in [6, 6.07) is 16.0. The largest absolute Gasteiger partial charge is 0.372 e. The molecule has 2 rings (SSSR count). The first-order chi connectivity index (χ1) is 10.4. The van der Waals surface area contributed by atoms with Crippen LogP contribution in [-0.2, 0) is 4.74 Å². The topological polar surface area (TPSA) is 9.23 Å². The highest BCUT2D eigenvalue weighted by molar-refractivity contribution is 6.83. The Bertz CT molecular complexity index is 690. The van der Waals surface area contributed by atoms with Crippen LogP contribution in [0.4, 0.5) is 0 Å². The second kappa shape index (κ2) is 7.15. The first-order valence-electron chi connectivity index (χ1n) is 7.31. The zero-order valence-electron chi connectivity index (χ0n) is 13.5. The molecule has 0 aliphatic rings. The lowest BCUT2D eigenvalue weighted by Crippen LogP contribution is -2.16. The average molecular weight is 329 g/mol. The zero-order chi connectivity index (χ0) is 16.2. The maximum absolute atomic E-state index is 5.98. The van der Waals surface area contributed by atoms with Crippen LogP contribution in [0.15, 0.2) is 48.5 Å². The lowest BCUT2D eigenvalue weighted by molar-refractivity contribution is 0.136. The monoisotopic (exact) mass is 328 g/mol. The van der Waals surface area contributed by atoms with Crippen molar-refractivity contribution in [3.63, 3.8) is 0 Å². The van der Waals surface area contributed by atoms with Gasteiger partial charge in [0, 0.05) is 23.3 Å². The molecule has 2 aromatic rings. The van der Waals surface area contributed by atoms with Gasteiger partial charge in [-0.15, -0.1) is 5.54 Å². The lowest BCUT2D eigenvalue weighted by atomic mass is 9.97. The molecule has 1 nitrogen and oxygen atoms in total. The molecule has 0 spiro atoms. The summed E-state index contributed by atoms with van der Waals surface area (Å²) in [5, 5.41) is 0.727. The van der Waals surface area contributed by atoms with Gasteiger partial charge < -0.3 is 4.74 Å². The average Bonchev–Trinajstić information content (AvgIpc) is 2.48. The SMILES string of the molecule is COC(c1ccc(Cl)cc1)c1ccccc1C#C[Si](C)(C)C. The van der Waals surface area contributed by atoms with Crippen molar-refractivity contribution in [1.82, 2.24) is 0 Å². The van der Waals surface area contributed by atoms with Crippen LogP contribution in [0.5, 0.6) is 0 Å². The summed E-state index contributed by atoms with van der Waals surface area (Å²) in [6.45, 7) is 6.74. The van der Waals surface area contributed by atoms with Crippen molar-refractivity contribution >= 4 is 19.7 Å². The summed E-state index contributed by atoms with van der Waals surface area (Å²) in [4.78, 5) is 0. The highest BCUT2D eigenvalue weighted by Crippen LogP contribution is 2.28. The third-order valence-corrected chi connectivity index (χ3v) is 4.35. The van der Waals surface area contributed by atoms with Crippen LogP contribution in [0, 0.1) is 11.5 Å². The summed E-state index contributed by atoms with van der Waals surface area (Å²) < 4.78 is 5.74. The van der Waals surface area contributed by atoms with Crippen LogP contribution in [-0.4, -0.2) is 15.2 Å². The van der Waals surface area contributed by atoms with Gasteiger partial charge in [0.2, 0.25) is 0 Å². The summed E-state index contributed by atoms with van der Waals surface area (Å²) >= 11 is 5.98. The second-order valence-corrected chi connectivity index (χ2v) is 11.4. The Morgan fingerprint density at radius 2 is 1.64 bits per heavy atom. The molecule has 0 saturated heterocycles. The Labute approximate surface area is 139 Å². The van der Waals surface area contributed by atoms with Crippen LogP contribution in [0.25, 0.3) is 0 Å². The van der Waals surface area contributed by atoms with E-state index in [1.54, 1.807) is 7.11 Å². The fourth-order valence-corrected chi connectivity index (χ4v) is 2.81. The van der Waals surface area contributed by atoms with Gasteiger partial charge in [0.15, 0.2) is 0 Å². The van der Waals surface area contributed by atoms with E-state index >= 15 is 0 Å². The van der Waals surface area contributed by atoms with E-state index in [1.165, 1.54) is 0 Å². The molecule has 0 aliphatic carbocycles. The summed E-state index contributed by atoms with van der Waals surface area (Å²) in [5.41, 5.74) is 6.64. The molecule has 0 N–H and O–H groups in total. The van der Waals surface area contributed by atoms with E-state index in [4.69, 9.17) is 16.3 Å². The first kappa shape index (κ1) is 16.8. The molecule has 0 bridgehead atoms. The Hall–Kier alpha value is -1.53. The molecule has 3 heteroatoms. The number of hydrogen-bond donors (Lipinski definition) is 0. The van der Waals surface area contributed by atoms with E-state index in [1.807, 2.05) is 36.4 Å². The molecule has 0 heterocycles. The number of hydrogen-bond acceptors (Lipinski definition) is 1. The van der Waals surface area contributed by atoms with Crippen molar-refractivity contribution in [3.8, 4) is 11.5 Å². The fraction of sp³-hybridized carbons (Fsp3) is 0.263. The van der Waals surface area contributed by atoms with Crippen LogP contribution in [0.3, 0.4) is 0 Å². The molecule has 1 atom stereocenters. The van der Waals surface area contributed by atoms with Crippen LogP contribution in [0.1, 0.15) is 22.8 Å². The highest BCUT2D eigenvalue weighted by Gasteiger charge is 2.16. The minimum Gasteiger partial charge on any atom is -0.372 e. The maximum Gasteiger partial charge on any atom is 0.129 e. The molecule has 2 aromatic carbocycles. The number of rotatable bonds is 3. The molecule has 0 radical (unpaired) electrons. The van der Waals surface area contributed by atoms with Crippen molar-refractivity contribution in [1.29, 1.82) is 0 Å². The summed E-state index contributed by atoms with van der Waals surface area (Å²) in [5.74, 6) is 3.35. The van der Waals surface area contributed by atoms with E-state index < -0.39 is 8.07 Å². The molecule has 0 saturated carbocycles. The molecule has 22 heavy (non-hydrogen) atoms. The number of methoxy groups -OCH3 is 1. The van der Waals surface area contributed by atoms with Gasteiger partial charge in [-0.3, -0.25) is 0 Å². The van der Waals surface area contributed by atoms with E-state index in [0.29, 0.717) is 0 Å². The fourth-order valence-electron chi connectivity index (χ4n) is 2.17. The van der Waals surface area contributed by atoms with Crippen LogP contribution < -0.4 is 0 Å². The van der Waals surface area contributed by atoms with E-state index in [0.717, 1.165) is 21.7 Å². The van der Waals surface area contributed by atoms with E-state index in [9.17, 15) is 0 Å². The Morgan fingerprint density at radius 3 is 2.23 bits per heavy atom. The molecule has 1 unspecified atom stereocenters. The van der Waals surface area contributed by atoms with Gasteiger partial charge in [-0.25, -0.2) is 0 Å². The summed E-state index contributed by atoms with van der Waals surface area (Å²) in [6.07, 6.45) is -0.135. The zero-order valence-corrected chi connectivity index (χ0v) is 15.2. The smallest absolute Gasteiger partial charge is 0.129 e. The van der Waals surface area contributed by atoms with Gasteiger partial charge in [0.25, 0.3) is 0 Å². The molecule has 0 aromatic heterocycles. The predicted octanol–water partition coefficient (Wildman–Crippen LogP) is 5.30. The Balaban J connectivity index is 2.45. The molecular weight excluding hydrogens is 308 g/mol. The van der Waals surface area contributed by atoms with Gasteiger partial charge in [-0.2, -0.15) is 0 Å². The second-order valence-electron chi connectivity index (χ2n) is 6.25. The highest BCUT2D eigenvalue weighted by atomic mass is 35.5. The van der Waals surface area contributed by atoms with Crippen molar-refractivity contribution in [2.45, 2.75) is 25.7 Å². The Morgan fingerprint density at radius 1 is 1.00 bits per heavy atom. The number of benzene rings is 2.